The molecule has 0 bridgehead atoms. The van der Waals surface area contributed by atoms with E-state index in [1.807, 2.05) is 0 Å². The van der Waals surface area contributed by atoms with Gasteiger partial charge in [0.1, 0.15) is 0 Å². The molecule has 0 aliphatic carbocycles. The van der Waals surface area contributed by atoms with Gasteiger partial charge in [-0.05, 0) is 23.7 Å². The molecule has 0 fully saturated rings. The molecule has 1 atom stereocenters. The minimum Gasteiger partial charge on any atom is -0.0922 e. The summed E-state index contributed by atoms with van der Waals surface area (Å²) in [6.07, 6.45) is 6.80. The molecule has 0 aliphatic rings. The van der Waals surface area contributed by atoms with Crippen LogP contribution in [-0.2, 0) is 0 Å². The van der Waals surface area contributed by atoms with Crippen LogP contribution in [0.15, 0.2) is 0 Å². The molecule has 0 aromatic carbocycles. The molecule has 16 heavy (non-hydrogen) atoms. The third kappa shape index (κ3) is 5.08. The van der Waals surface area contributed by atoms with Crippen molar-refractivity contribution in [3.05, 3.63) is 0 Å². The second-order valence-corrected chi connectivity index (χ2v) is 6.53. The van der Waals surface area contributed by atoms with E-state index >= 15 is 0 Å². The fraction of sp³-hybridized carbons (Fsp3) is 1.00. The Balaban J connectivity index is 4.45. The van der Waals surface area contributed by atoms with Crippen LogP contribution >= 0.6 is 31.9 Å². The molecule has 0 aliphatic heterocycles. The van der Waals surface area contributed by atoms with Gasteiger partial charge in [-0.25, -0.2) is 0 Å². The van der Waals surface area contributed by atoms with Crippen LogP contribution in [-0.4, -0.2) is 10.7 Å². The molecule has 1 unspecified atom stereocenters. The molecule has 0 radical (unpaired) electrons. The van der Waals surface area contributed by atoms with Gasteiger partial charge in [0, 0.05) is 10.7 Å². The van der Waals surface area contributed by atoms with Gasteiger partial charge < -0.3 is 0 Å². The molecule has 0 spiro atoms. The Kier molecular flexibility index (Phi) is 9.50. The molecule has 2 heteroatoms. The maximum absolute atomic E-state index is 3.73. The minimum absolute atomic E-state index is 0.439. The average molecular weight is 356 g/mol. The zero-order chi connectivity index (χ0) is 12.6. The number of hydrogen-bond acceptors (Lipinski definition) is 0. The molecule has 0 aromatic heterocycles. The van der Waals surface area contributed by atoms with E-state index in [1.165, 1.54) is 32.1 Å². The van der Waals surface area contributed by atoms with E-state index in [-0.39, 0.29) is 0 Å². The average Bonchev–Trinajstić information content (AvgIpc) is 2.30. The van der Waals surface area contributed by atoms with Crippen LogP contribution in [0.2, 0.25) is 0 Å². The third-order valence-corrected chi connectivity index (χ3v) is 6.23. The molecule has 0 rings (SSSR count). The van der Waals surface area contributed by atoms with Gasteiger partial charge in [0.15, 0.2) is 0 Å². The molecule has 0 aromatic rings. The lowest BCUT2D eigenvalue weighted by Gasteiger charge is -2.37. The Bertz CT molecular complexity index is 162. The van der Waals surface area contributed by atoms with Gasteiger partial charge in [-0.3, -0.25) is 0 Å². The van der Waals surface area contributed by atoms with Gasteiger partial charge in [-0.1, -0.05) is 85.2 Å². The van der Waals surface area contributed by atoms with Crippen LogP contribution in [0.5, 0.6) is 0 Å². The summed E-state index contributed by atoms with van der Waals surface area (Å²) in [4.78, 5) is 0. The van der Waals surface area contributed by atoms with Gasteiger partial charge in [0.05, 0.1) is 0 Å². The minimum atomic E-state index is 0.439. The second-order valence-electron chi connectivity index (χ2n) is 5.40. The zero-order valence-corrected chi connectivity index (χ0v) is 14.5. The standard InChI is InChI=1S/C14H28Br2/c1-5-7-8-13(6-2)9-14(10-15,11-16)12(3)4/h12-13H,5-11H2,1-4H3. The van der Waals surface area contributed by atoms with Crippen LogP contribution < -0.4 is 0 Å². The van der Waals surface area contributed by atoms with Gasteiger partial charge in [0.2, 0.25) is 0 Å². The number of hydrogen-bond donors (Lipinski definition) is 0. The molecule has 0 heterocycles. The lowest BCUT2D eigenvalue weighted by Crippen LogP contribution is -2.33. The van der Waals surface area contributed by atoms with E-state index in [2.05, 4.69) is 59.6 Å². The number of halogens is 2. The Morgan fingerprint density at radius 1 is 1.06 bits per heavy atom. The molecule has 0 nitrogen and oxygen atoms in total. The van der Waals surface area contributed by atoms with E-state index < -0.39 is 0 Å². The number of alkyl halides is 2. The molecule has 98 valence electrons. The predicted molar refractivity (Wildman–Crippen MR) is 82.8 cm³/mol. The number of unbranched alkanes of at least 4 members (excludes halogenated alkanes) is 1. The Hall–Kier alpha value is 0.960. The fourth-order valence-corrected chi connectivity index (χ4v) is 4.89. The van der Waals surface area contributed by atoms with Crippen molar-refractivity contribution >= 4 is 31.9 Å². The first-order chi connectivity index (χ1) is 7.56. The highest BCUT2D eigenvalue weighted by Crippen LogP contribution is 2.40. The summed E-state index contributed by atoms with van der Waals surface area (Å²) in [6.45, 7) is 9.34. The smallest absolute Gasteiger partial charge is 0.00985 e. The van der Waals surface area contributed by atoms with Crippen LogP contribution in [0.4, 0.5) is 0 Å². The monoisotopic (exact) mass is 354 g/mol. The van der Waals surface area contributed by atoms with Crippen LogP contribution in [0.1, 0.15) is 59.8 Å². The lowest BCUT2D eigenvalue weighted by molar-refractivity contribution is 0.193. The molecular formula is C14H28Br2. The van der Waals surface area contributed by atoms with Crippen LogP contribution in [0.25, 0.3) is 0 Å². The van der Waals surface area contributed by atoms with Crippen LogP contribution in [0.3, 0.4) is 0 Å². The van der Waals surface area contributed by atoms with E-state index in [4.69, 9.17) is 0 Å². The van der Waals surface area contributed by atoms with Crippen molar-refractivity contribution < 1.29 is 0 Å². The Morgan fingerprint density at radius 3 is 1.94 bits per heavy atom. The zero-order valence-electron chi connectivity index (χ0n) is 11.4. The third-order valence-electron chi connectivity index (χ3n) is 4.00. The molecule has 0 saturated heterocycles. The van der Waals surface area contributed by atoms with Crippen molar-refractivity contribution in [3.8, 4) is 0 Å². The predicted octanol–water partition coefficient (Wildman–Crippen LogP) is 6.03. The van der Waals surface area contributed by atoms with E-state index in [1.54, 1.807) is 0 Å². The maximum Gasteiger partial charge on any atom is 0.00985 e. The highest BCUT2D eigenvalue weighted by Gasteiger charge is 2.33. The van der Waals surface area contributed by atoms with Crippen molar-refractivity contribution in [1.82, 2.24) is 0 Å². The number of rotatable bonds is 9. The first-order valence-electron chi connectivity index (χ1n) is 6.68. The fourth-order valence-electron chi connectivity index (χ4n) is 2.21. The largest absolute Gasteiger partial charge is 0.0922 e. The van der Waals surface area contributed by atoms with E-state index in [0.717, 1.165) is 22.5 Å². The molecule has 0 amide bonds. The van der Waals surface area contributed by atoms with Gasteiger partial charge in [-0.15, -0.1) is 0 Å². The topological polar surface area (TPSA) is 0 Å². The van der Waals surface area contributed by atoms with E-state index in [0.29, 0.717) is 5.41 Å². The summed E-state index contributed by atoms with van der Waals surface area (Å²) in [6, 6.07) is 0. The Labute approximate surface area is 119 Å². The van der Waals surface area contributed by atoms with Crippen LogP contribution in [0, 0.1) is 17.3 Å². The molecular weight excluding hydrogens is 328 g/mol. The van der Waals surface area contributed by atoms with Gasteiger partial charge >= 0.3 is 0 Å². The summed E-state index contributed by atoms with van der Waals surface area (Å²) in [5.41, 5.74) is 0.439. The Morgan fingerprint density at radius 2 is 1.62 bits per heavy atom. The first-order valence-corrected chi connectivity index (χ1v) is 8.92. The second kappa shape index (κ2) is 8.97. The summed E-state index contributed by atoms with van der Waals surface area (Å²) < 4.78 is 0. The maximum atomic E-state index is 3.73. The lowest BCUT2D eigenvalue weighted by atomic mass is 9.72. The summed E-state index contributed by atoms with van der Waals surface area (Å²) in [7, 11) is 0. The van der Waals surface area contributed by atoms with Crippen molar-refractivity contribution in [3.63, 3.8) is 0 Å². The van der Waals surface area contributed by atoms with Gasteiger partial charge in [-0.2, -0.15) is 0 Å². The molecule has 0 N–H and O–H groups in total. The highest BCUT2D eigenvalue weighted by molar-refractivity contribution is 9.09. The summed E-state index contributed by atoms with van der Waals surface area (Å²) in [5, 5.41) is 2.23. The summed E-state index contributed by atoms with van der Waals surface area (Å²) >= 11 is 7.46. The quantitative estimate of drug-likeness (QED) is 0.443. The van der Waals surface area contributed by atoms with E-state index in [9.17, 15) is 0 Å². The molecule has 0 saturated carbocycles. The van der Waals surface area contributed by atoms with Crippen molar-refractivity contribution in [2.75, 3.05) is 10.7 Å². The normalized spacial score (nSPS) is 14.4. The first kappa shape index (κ1) is 17.0. The highest BCUT2D eigenvalue weighted by atomic mass is 79.9. The van der Waals surface area contributed by atoms with Gasteiger partial charge in [0.25, 0.3) is 0 Å². The summed E-state index contributed by atoms with van der Waals surface area (Å²) in [5.74, 6) is 1.64. The SMILES string of the molecule is CCCCC(CC)CC(CBr)(CBr)C(C)C. The van der Waals surface area contributed by atoms with Crippen molar-refractivity contribution in [1.29, 1.82) is 0 Å². The van der Waals surface area contributed by atoms with Crippen molar-refractivity contribution in [2.45, 2.75) is 59.8 Å². The van der Waals surface area contributed by atoms with Crippen molar-refractivity contribution in [2.24, 2.45) is 17.3 Å².